The van der Waals surface area contributed by atoms with E-state index in [1.54, 1.807) is 13.9 Å². The molecule has 2 nitrogen and oxygen atoms in total. The lowest BCUT2D eigenvalue weighted by Crippen LogP contribution is -2.18. The third-order valence-electron chi connectivity index (χ3n) is 1.30. The second-order valence-electron chi connectivity index (χ2n) is 1.84. The molecule has 2 rings (SSSR count). The maximum Gasteiger partial charge on any atom is 0.521 e. The van der Waals surface area contributed by atoms with Crippen molar-refractivity contribution in [2.75, 3.05) is 6.54 Å². The minimum atomic E-state index is 0.964. The van der Waals surface area contributed by atoms with Crippen LogP contribution in [0.5, 0.6) is 0 Å². The van der Waals surface area contributed by atoms with Gasteiger partial charge in [0.25, 0.3) is 0 Å². The molecule has 0 aliphatic carbocycles. The van der Waals surface area contributed by atoms with Crippen molar-refractivity contribution in [2.45, 2.75) is 0 Å². The fraction of sp³-hybridized carbons (Fsp3) is 0.200. The molecule has 0 amide bonds. The summed E-state index contributed by atoms with van der Waals surface area (Å²) in [7, 11) is 1.72. The van der Waals surface area contributed by atoms with Crippen molar-refractivity contribution in [1.29, 1.82) is 0 Å². The first kappa shape index (κ1) is 4.07. The van der Waals surface area contributed by atoms with Crippen LogP contribution in [0.3, 0.4) is 0 Å². The van der Waals surface area contributed by atoms with Crippen molar-refractivity contribution < 1.29 is 4.65 Å². The lowest BCUT2D eigenvalue weighted by atomic mass is 10.2. The average molecular weight is 106 g/mol. The summed E-state index contributed by atoms with van der Waals surface area (Å²) in [5, 5.41) is 0. The van der Waals surface area contributed by atoms with E-state index in [2.05, 4.69) is 6.08 Å². The molecule has 8 heavy (non-hydrogen) atoms. The smallest absolute Gasteiger partial charge is 0.521 e. The van der Waals surface area contributed by atoms with Crippen LogP contribution in [0.25, 0.3) is 0 Å². The molecule has 0 fully saturated rings. The van der Waals surface area contributed by atoms with Crippen molar-refractivity contribution >= 4 is 7.62 Å². The van der Waals surface area contributed by atoms with E-state index >= 15 is 0 Å². The first-order valence-corrected chi connectivity index (χ1v) is 2.59. The van der Waals surface area contributed by atoms with Crippen molar-refractivity contribution in [3.05, 3.63) is 24.1 Å². The number of nitrogens with zero attached hydrogens (tertiary/aromatic N) is 1. The highest BCUT2D eigenvalue weighted by Gasteiger charge is 2.19. The molecule has 2 heterocycles. The van der Waals surface area contributed by atoms with Crippen LogP contribution in [-0.4, -0.2) is 19.0 Å². The minimum absolute atomic E-state index is 0.964. The number of hydrogen-bond donors (Lipinski definition) is 0. The summed E-state index contributed by atoms with van der Waals surface area (Å²) in [4.78, 5) is 2.04. The van der Waals surface area contributed by atoms with E-state index in [0.717, 1.165) is 12.2 Å². The van der Waals surface area contributed by atoms with Gasteiger partial charge in [-0.05, 0) is 6.08 Å². The fourth-order valence-electron chi connectivity index (χ4n) is 0.873. The Bertz CT molecular complexity index is 164. The van der Waals surface area contributed by atoms with Gasteiger partial charge in [-0.25, -0.2) is 0 Å². The Morgan fingerprint density at radius 3 is 3.62 bits per heavy atom. The first-order chi connectivity index (χ1) is 3.97. The molecule has 0 spiro atoms. The Kier molecular flexibility index (Phi) is 0.666. The maximum absolute atomic E-state index is 4.90. The zero-order chi connectivity index (χ0) is 5.40. The second-order valence-corrected chi connectivity index (χ2v) is 1.84. The first-order valence-electron chi connectivity index (χ1n) is 2.59. The quantitative estimate of drug-likeness (QED) is 0.410. The Balaban J connectivity index is 2.31. The Morgan fingerprint density at radius 1 is 1.75 bits per heavy atom. The van der Waals surface area contributed by atoms with Gasteiger partial charge >= 0.3 is 7.62 Å². The van der Waals surface area contributed by atoms with Crippen molar-refractivity contribution in [2.24, 2.45) is 0 Å². The monoisotopic (exact) mass is 106 g/mol. The molecule has 0 aromatic rings. The van der Waals surface area contributed by atoms with Gasteiger partial charge in [-0.2, -0.15) is 0 Å². The van der Waals surface area contributed by atoms with E-state index in [9.17, 15) is 0 Å². The summed E-state index contributed by atoms with van der Waals surface area (Å²) in [5.41, 5.74) is 1.16. The van der Waals surface area contributed by atoms with E-state index < -0.39 is 0 Å². The molecule has 0 bridgehead atoms. The molecule has 0 saturated heterocycles. The summed E-state index contributed by atoms with van der Waals surface area (Å²) in [6.07, 6.45) is 5.89. The lowest BCUT2D eigenvalue weighted by Gasteiger charge is -2.06. The predicted molar refractivity (Wildman–Crippen MR) is 30.8 cm³/mol. The van der Waals surface area contributed by atoms with Crippen LogP contribution < -0.4 is 0 Å². The zero-order valence-electron chi connectivity index (χ0n) is 4.37. The van der Waals surface area contributed by atoms with Crippen LogP contribution >= 0.6 is 0 Å². The van der Waals surface area contributed by atoms with Crippen LogP contribution in [0.15, 0.2) is 24.1 Å². The fourth-order valence-corrected chi connectivity index (χ4v) is 0.873. The maximum atomic E-state index is 4.90. The van der Waals surface area contributed by atoms with Gasteiger partial charge in [0.05, 0.1) is 12.0 Å². The molecule has 0 aromatic heterocycles. The van der Waals surface area contributed by atoms with E-state index in [1.165, 1.54) is 0 Å². The summed E-state index contributed by atoms with van der Waals surface area (Å²) < 4.78 is 4.90. The van der Waals surface area contributed by atoms with Gasteiger partial charge in [-0.15, -0.1) is 0 Å². The van der Waals surface area contributed by atoms with Crippen LogP contribution in [0, 0.1) is 0 Å². The highest BCUT2D eigenvalue weighted by molar-refractivity contribution is 6.26. The molecule has 1 radical (unpaired) electrons. The topological polar surface area (TPSA) is 12.5 Å². The average Bonchev–Trinajstić information content (AvgIpc) is 2.15. The number of allylic oxidation sites excluding steroid dienone is 1. The molecule has 3 heteroatoms. The highest BCUT2D eigenvalue weighted by atomic mass is 16.4. The predicted octanol–water partition coefficient (Wildman–Crippen LogP) is 0.264. The van der Waals surface area contributed by atoms with Gasteiger partial charge in [0.1, 0.15) is 0 Å². The molecule has 0 atom stereocenters. The van der Waals surface area contributed by atoms with Gasteiger partial charge < -0.3 is 9.47 Å². The Morgan fingerprint density at radius 2 is 2.75 bits per heavy atom. The third-order valence-corrected chi connectivity index (χ3v) is 1.30. The zero-order valence-corrected chi connectivity index (χ0v) is 4.37. The summed E-state index contributed by atoms with van der Waals surface area (Å²) in [6, 6.07) is 0. The Labute approximate surface area is 48.7 Å². The molecule has 2 aliphatic rings. The third kappa shape index (κ3) is 0.385. The van der Waals surface area contributed by atoms with Crippen LogP contribution in [0.2, 0.25) is 0 Å². The second kappa shape index (κ2) is 1.31. The molecule has 0 unspecified atom stereocenters. The van der Waals surface area contributed by atoms with E-state index in [4.69, 9.17) is 4.65 Å². The summed E-state index contributed by atoms with van der Waals surface area (Å²) >= 11 is 0. The summed E-state index contributed by atoms with van der Waals surface area (Å²) in [5.74, 6) is 0. The molecule has 0 aromatic carbocycles. The van der Waals surface area contributed by atoms with Crippen molar-refractivity contribution in [1.82, 2.24) is 4.81 Å². The minimum Gasteiger partial charge on any atom is -0.547 e. The lowest BCUT2D eigenvalue weighted by molar-refractivity contribution is 0.501. The number of hydrogen-bond acceptors (Lipinski definition) is 2. The number of rotatable bonds is 0. The molecule has 39 valence electrons. The van der Waals surface area contributed by atoms with E-state index in [1.807, 2.05) is 10.9 Å². The van der Waals surface area contributed by atoms with Crippen LogP contribution in [-0.2, 0) is 4.65 Å². The molecule has 0 saturated carbocycles. The van der Waals surface area contributed by atoms with Gasteiger partial charge in [0, 0.05) is 6.54 Å². The van der Waals surface area contributed by atoms with Crippen molar-refractivity contribution in [3.63, 3.8) is 0 Å². The molecule has 2 aliphatic heterocycles. The van der Waals surface area contributed by atoms with E-state index in [-0.39, 0.29) is 0 Å². The molecular formula is C5H5BNO. The van der Waals surface area contributed by atoms with Crippen LogP contribution in [0.4, 0.5) is 0 Å². The van der Waals surface area contributed by atoms with Crippen LogP contribution in [0.1, 0.15) is 0 Å². The van der Waals surface area contributed by atoms with E-state index in [0.29, 0.717) is 0 Å². The number of fused-ring (bicyclic) bond motifs is 1. The largest absolute Gasteiger partial charge is 0.547 e. The van der Waals surface area contributed by atoms with Gasteiger partial charge in [-0.1, -0.05) is 6.08 Å². The van der Waals surface area contributed by atoms with Crippen molar-refractivity contribution in [3.8, 4) is 0 Å². The SMILES string of the molecule is [B]1OC=C2C=CCN12. The normalized spacial score (nSPS) is 22.0. The van der Waals surface area contributed by atoms with Gasteiger partial charge in [-0.3, -0.25) is 0 Å². The van der Waals surface area contributed by atoms with Gasteiger partial charge in [0.2, 0.25) is 0 Å². The standard InChI is InChI=1S/C5H5BNO/c1-2-5-4-8-6-7(5)3-1/h1-2,4H,3H2. The molecular weight excluding hydrogens is 101 g/mol. The molecule has 0 N–H and O–H groups in total. The summed E-state index contributed by atoms with van der Waals surface area (Å²) in [6.45, 7) is 0.964. The highest BCUT2D eigenvalue weighted by Crippen LogP contribution is 2.16. The Hall–Kier alpha value is -0.855. The van der Waals surface area contributed by atoms with Gasteiger partial charge in [0.15, 0.2) is 0 Å².